The van der Waals surface area contributed by atoms with Crippen molar-refractivity contribution in [3.8, 4) is 0 Å². The number of non-ortho nitro benzene ring substituents is 1. The lowest BCUT2D eigenvalue weighted by molar-refractivity contribution is -0.384. The van der Waals surface area contributed by atoms with E-state index in [-0.39, 0.29) is 22.6 Å². The number of hydrogen-bond acceptors (Lipinski definition) is 5. The fourth-order valence-electron chi connectivity index (χ4n) is 3.04. The Hall–Kier alpha value is -2.15. The first-order valence-corrected chi connectivity index (χ1v) is 7.46. The van der Waals surface area contributed by atoms with Crippen molar-refractivity contribution in [2.75, 3.05) is 37.7 Å². The standard InChI is InChI=1S/C15H19N3O4/c1-11-9-17(6-7-22-11)15(19)10-16-5-4-12-8-13(18(20)21)2-3-14(12)16/h2-3,8,11H,4-7,9-10H2,1H3/t11-/m1/s1. The summed E-state index contributed by atoms with van der Waals surface area (Å²) < 4.78 is 5.45. The normalized spacial score (nSPS) is 20.9. The summed E-state index contributed by atoms with van der Waals surface area (Å²) in [5.41, 5.74) is 1.98. The van der Waals surface area contributed by atoms with Gasteiger partial charge in [0.1, 0.15) is 0 Å². The third-order valence-electron chi connectivity index (χ3n) is 4.19. The van der Waals surface area contributed by atoms with Gasteiger partial charge in [0, 0.05) is 37.5 Å². The van der Waals surface area contributed by atoms with Crippen molar-refractivity contribution < 1.29 is 14.5 Å². The number of benzene rings is 1. The lowest BCUT2D eigenvalue weighted by atomic mass is 10.1. The molecule has 7 nitrogen and oxygen atoms in total. The second-order valence-electron chi connectivity index (χ2n) is 5.76. The molecule has 22 heavy (non-hydrogen) atoms. The Kier molecular flexibility index (Phi) is 3.98. The van der Waals surface area contributed by atoms with Gasteiger partial charge in [-0.15, -0.1) is 0 Å². The van der Waals surface area contributed by atoms with E-state index in [0.717, 1.165) is 24.2 Å². The number of nitrogens with zero attached hydrogens (tertiary/aromatic N) is 3. The molecule has 1 atom stereocenters. The number of carbonyl (C=O) groups excluding carboxylic acids is 1. The molecule has 0 spiro atoms. The van der Waals surface area contributed by atoms with Crippen LogP contribution in [0, 0.1) is 10.1 Å². The molecule has 1 amide bonds. The van der Waals surface area contributed by atoms with Gasteiger partial charge in [0.2, 0.25) is 5.91 Å². The van der Waals surface area contributed by atoms with Gasteiger partial charge in [-0.1, -0.05) is 0 Å². The average Bonchev–Trinajstić information content (AvgIpc) is 2.89. The van der Waals surface area contributed by atoms with Crippen LogP contribution >= 0.6 is 0 Å². The van der Waals surface area contributed by atoms with Gasteiger partial charge in [-0.3, -0.25) is 14.9 Å². The second kappa shape index (κ2) is 5.92. The molecule has 0 radical (unpaired) electrons. The third kappa shape index (κ3) is 2.89. The molecule has 1 fully saturated rings. The highest BCUT2D eigenvalue weighted by Gasteiger charge is 2.27. The number of nitro groups is 1. The number of rotatable bonds is 3. The zero-order valence-electron chi connectivity index (χ0n) is 12.5. The molecule has 2 aliphatic rings. The van der Waals surface area contributed by atoms with Crippen LogP contribution in [0.4, 0.5) is 11.4 Å². The van der Waals surface area contributed by atoms with Gasteiger partial charge in [-0.05, 0) is 25.0 Å². The molecule has 0 saturated carbocycles. The molecule has 0 unspecified atom stereocenters. The average molecular weight is 305 g/mol. The highest BCUT2D eigenvalue weighted by atomic mass is 16.6. The van der Waals surface area contributed by atoms with Crippen LogP contribution in [0.2, 0.25) is 0 Å². The van der Waals surface area contributed by atoms with E-state index in [9.17, 15) is 14.9 Å². The van der Waals surface area contributed by atoms with Crippen molar-refractivity contribution in [1.29, 1.82) is 0 Å². The van der Waals surface area contributed by atoms with Gasteiger partial charge in [-0.25, -0.2) is 0 Å². The van der Waals surface area contributed by atoms with Crippen LogP contribution in [0.25, 0.3) is 0 Å². The Balaban J connectivity index is 1.68. The summed E-state index contributed by atoms with van der Waals surface area (Å²) >= 11 is 0. The van der Waals surface area contributed by atoms with E-state index in [2.05, 4.69) is 0 Å². The summed E-state index contributed by atoms with van der Waals surface area (Å²) in [6, 6.07) is 4.85. The number of anilines is 1. The van der Waals surface area contributed by atoms with Crippen LogP contribution < -0.4 is 4.90 Å². The first-order valence-electron chi connectivity index (χ1n) is 7.46. The number of ether oxygens (including phenoxy) is 1. The van der Waals surface area contributed by atoms with E-state index in [0.29, 0.717) is 26.2 Å². The molecule has 2 aliphatic heterocycles. The minimum atomic E-state index is -0.386. The third-order valence-corrected chi connectivity index (χ3v) is 4.19. The number of nitro benzene ring substituents is 1. The van der Waals surface area contributed by atoms with E-state index in [1.807, 2.05) is 16.7 Å². The number of amides is 1. The first-order chi connectivity index (χ1) is 10.5. The fourth-order valence-corrected chi connectivity index (χ4v) is 3.04. The predicted molar refractivity (Wildman–Crippen MR) is 81.0 cm³/mol. The van der Waals surface area contributed by atoms with E-state index in [1.54, 1.807) is 12.1 Å². The lowest BCUT2D eigenvalue weighted by Gasteiger charge is -2.32. The fraction of sp³-hybridized carbons (Fsp3) is 0.533. The van der Waals surface area contributed by atoms with Gasteiger partial charge >= 0.3 is 0 Å². The van der Waals surface area contributed by atoms with Crippen LogP contribution in [-0.4, -0.2) is 54.6 Å². The van der Waals surface area contributed by atoms with E-state index >= 15 is 0 Å². The molecule has 3 rings (SSSR count). The van der Waals surface area contributed by atoms with Crippen LogP contribution in [-0.2, 0) is 16.0 Å². The molecule has 0 aromatic heterocycles. The van der Waals surface area contributed by atoms with Crippen molar-refractivity contribution in [1.82, 2.24) is 4.90 Å². The largest absolute Gasteiger partial charge is 0.375 e. The van der Waals surface area contributed by atoms with Crippen molar-refractivity contribution in [3.05, 3.63) is 33.9 Å². The maximum Gasteiger partial charge on any atom is 0.269 e. The summed E-state index contributed by atoms with van der Waals surface area (Å²) in [5.74, 6) is 0.0846. The monoisotopic (exact) mass is 305 g/mol. The molecule has 1 aromatic carbocycles. The molecular weight excluding hydrogens is 286 g/mol. The van der Waals surface area contributed by atoms with E-state index < -0.39 is 0 Å². The Morgan fingerprint density at radius 1 is 1.45 bits per heavy atom. The predicted octanol–water partition coefficient (Wildman–Crippen LogP) is 1.20. The molecule has 1 aromatic rings. The number of morpholine rings is 1. The summed E-state index contributed by atoms with van der Waals surface area (Å²) in [6.07, 6.45) is 0.815. The van der Waals surface area contributed by atoms with Crippen LogP contribution in [0.3, 0.4) is 0 Å². The zero-order chi connectivity index (χ0) is 15.7. The van der Waals surface area contributed by atoms with E-state index in [4.69, 9.17) is 4.74 Å². The summed E-state index contributed by atoms with van der Waals surface area (Å²) in [7, 11) is 0. The van der Waals surface area contributed by atoms with Crippen molar-refractivity contribution in [2.24, 2.45) is 0 Å². The number of hydrogen-bond donors (Lipinski definition) is 0. The molecule has 118 valence electrons. The summed E-state index contributed by atoms with van der Waals surface area (Å²) in [5, 5.41) is 10.8. The van der Waals surface area contributed by atoms with Gasteiger partial charge in [0.25, 0.3) is 5.69 Å². The van der Waals surface area contributed by atoms with E-state index in [1.165, 1.54) is 6.07 Å². The molecule has 7 heteroatoms. The highest BCUT2D eigenvalue weighted by molar-refractivity contribution is 5.82. The van der Waals surface area contributed by atoms with Crippen LogP contribution in [0.15, 0.2) is 18.2 Å². The SMILES string of the molecule is C[C@@H]1CN(C(=O)CN2CCc3cc([N+](=O)[O-])ccc32)CCO1. The van der Waals surface area contributed by atoms with Crippen molar-refractivity contribution in [3.63, 3.8) is 0 Å². The van der Waals surface area contributed by atoms with Crippen LogP contribution in [0.1, 0.15) is 12.5 Å². The number of carbonyl (C=O) groups is 1. The molecule has 0 aliphatic carbocycles. The molecule has 0 bridgehead atoms. The van der Waals surface area contributed by atoms with Crippen LogP contribution in [0.5, 0.6) is 0 Å². The Bertz CT molecular complexity index is 604. The molecule has 2 heterocycles. The van der Waals surface area contributed by atoms with Gasteiger partial charge in [-0.2, -0.15) is 0 Å². The maximum atomic E-state index is 12.4. The summed E-state index contributed by atoms with van der Waals surface area (Å²) in [6.45, 7) is 4.84. The lowest BCUT2D eigenvalue weighted by Crippen LogP contribution is -2.48. The van der Waals surface area contributed by atoms with Crippen molar-refractivity contribution in [2.45, 2.75) is 19.4 Å². The second-order valence-corrected chi connectivity index (χ2v) is 5.76. The Labute approximate surface area is 128 Å². The van der Waals surface area contributed by atoms with Crippen molar-refractivity contribution >= 4 is 17.3 Å². The summed E-state index contributed by atoms with van der Waals surface area (Å²) in [4.78, 5) is 26.7. The first kappa shape index (κ1) is 14.8. The Morgan fingerprint density at radius 3 is 3.00 bits per heavy atom. The van der Waals surface area contributed by atoms with Gasteiger partial charge < -0.3 is 14.5 Å². The number of fused-ring (bicyclic) bond motifs is 1. The maximum absolute atomic E-state index is 12.4. The smallest absolute Gasteiger partial charge is 0.269 e. The van der Waals surface area contributed by atoms with Gasteiger partial charge in [0.05, 0.1) is 24.2 Å². The van der Waals surface area contributed by atoms with Gasteiger partial charge in [0.15, 0.2) is 0 Å². The zero-order valence-corrected chi connectivity index (χ0v) is 12.5. The molecular formula is C15H19N3O4. The molecule has 1 saturated heterocycles. The topological polar surface area (TPSA) is 75.9 Å². The Morgan fingerprint density at radius 2 is 2.27 bits per heavy atom. The quantitative estimate of drug-likeness (QED) is 0.619. The minimum absolute atomic E-state index is 0.0752. The highest BCUT2D eigenvalue weighted by Crippen LogP contribution is 2.31. The molecule has 0 N–H and O–H groups in total. The minimum Gasteiger partial charge on any atom is -0.375 e.